The smallest absolute Gasteiger partial charge is 0.319 e. The molecular weight excluding hydrogens is 304 g/mol. The molecule has 0 unspecified atom stereocenters. The van der Waals surface area contributed by atoms with Crippen molar-refractivity contribution in [3.05, 3.63) is 64.1 Å². The summed E-state index contributed by atoms with van der Waals surface area (Å²) in [5.74, 6) is 0. The molecular formula is C15H15BrN2O. The van der Waals surface area contributed by atoms with Crippen molar-refractivity contribution in [1.82, 2.24) is 5.32 Å². The van der Waals surface area contributed by atoms with Crippen LogP contribution in [0, 0.1) is 6.92 Å². The first-order chi connectivity index (χ1) is 9.13. The maximum atomic E-state index is 11.8. The molecule has 4 heteroatoms. The van der Waals surface area contributed by atoms with Gasteiger partial charge < -0.3 is 10.6 Å². The van der Waals surface area contributed by atoms with Crippen LogP contribution >= 0.6 is 15.9 Å². The lowest BCUT2D eigenvalue weighted by Crippen LogP contribution is -2.28. The quantitative estimate of drug-likeness (QED) is 0.879. The molecule has 2 aromatic carbocycles. The van der Waals surface area contributed by atoms with E-state index in [1.165, 1.54) is 0 Å². The molecule has 0 aromatic heterocycles. The first-order valence-corrected chi connectivity index (χ1v) is 6.79. The summed E-state index contributed by atoms with van der Waals surface area (Å²) in [4.78, 5) is 11.8. The number of amides is 2. The van der Waals surface area contributed by atoms with Crippen LogP contribution in [0.2, 0.25) is 0 Å². The van der Waals surface area contributed by atoms with Crippen LogP contribution in [0.4, 0.5) is 10.5 Å². The fraction of sp³-hybridized carbons (Fsp3) is 0.133. The number of rotatable bonds is 3. The molecule has 0 atom stereocenters. The summed E-state index contributed by atoms with van der Waals surface area (Å²) in [5.41, 5.74) is 2.94. The van der Waals surface area contributed by atoms with Crippen molar-refractivity contribution < 1.29 is 4.79 Å². The van der Waals surface area contributed by atoms with E-state index in [4.69, 9.17) is 0 Å². The van der Waals surface area contributed by atoms with Gasteiger partial charge in [0.2, 0.25) is 0 Å². The Morgan fingerprint density at radius 2 is 1.89 bits per heavy atom. The number of hydrogen-bond donors (Lipinski definition) is 2. The average molecular weight is 319 g/mol. The van der Waals surface area contributed by atoms with Crippen LogP contribution in [-0.4, -0.2) is 6.03 Å². The molecule has 2 N–H and O–H groups in total. The van der Waals surface area contributed by atoms with E-state index in [1.54, 1.807) is 0 Å². The van der Waals surface area contributed by atoms with Crippen molar-refractivity contribution >= 4 is 27.6 Å². The van der Waals surface area contributed by atoms with Gasteiger partial charge in [0.05, 0.1) is 0 Å². The molecule has 0 heterocycles. The second kappa shape index (κ2) is 6.38. The number of nitrogens with one attached hydrogen (secondary N) is 2. The van der Waals surface area contributed by atoms with Gasteiger partial charge in [0.25, 0.3) is 0 Å². The van der Waals surface area contributed by atoms with Crippen LogP contribution in [0.1, 0.15) is 11.1 Å². The first kappa shape index (κ1) is 13.6. The Balaban J connectivity index is 1.91. The molecule has 0 fully saturated rings. The highest BCUT2D eigenvalue weighted by Crippen LogP contribution is 2.18. The van der Waals surface area contributed by atoms with E-state index in [-0.39, 0.29) is 6.03 Å². The lowest BCUT2D eigenvalue weighted by molar-refractivity contribution is 0.251. The van der Waals surface area contributed by atoms with Crippen molar-refractivity contribution in [3.8, 4) is 0 Å². The summed E-state index contributed by atoms with van der Waals surface area (Å²) in [5, 5.41) is 5.63. The van der Waals surface area contributed by atoms with E-state index in [0.29, 0.717) is 6.54 Å². The third-order valence-electron chi connectivity index (χ3n) is 2.60. The third-order valence-corrected chi connectivity index (χ3v) is 3.05. The van der Waals surface area contributed by atoms with Gasteiger partial charge in [-0.15, -0.1) is 0 Å². The monoisotopic (exact) mass is 318 g/mol. The molecule has 0 spiro atoms. The largest absolute Gasteiger partial charge is 0.334 e. The van der Waals surface area contributed by atoms with E-state index in [2.05, 4.69) is 26.6 Å². The second-order valence-corrected chi connectivity index (χ2v) is 5.23. The molecule has 98 valence electrons. The molecule has 0 aliphatic carbocycles. The molecule has 0 saturated carbocycles. The summed E-state index contributed by atoms with van der Waals surface area (Å²) in [6.45, 7) is 2.50. The molecule has 0 aliphatic rings. The highest BCUT2D eigenvalue weighted by atomic mass is 79.9. The zero-order chi connectivity index (χ0) is 13.7. The lowest BCUT2D eigenvalue weighted by Gasteiger charge is -2.09. The van der Waals surface area contributed by atoms with Gasteiger partial charge in [-0.1, -0.05) is 46.3 Å². The molecule has 0 bridgehead atoms. The van der Waals surface area contributed by atoms with Gasteiger partial charge >= 0.3 is 6.03 Å². The topological polar surface area (TPSA) is 41.1 Å². The van der Waals surface area contributed by atoms with Crippen molar-refractivity contribution in [2.24, 2.45) is 0 Å². The van der Waals surface area contributed by atoms with Crippen molar-refractivity contribution in [3.63, 3.8) is 0 Å². The normalized spacial score (nSPS) is 10.0. The molecule has 0 aliphatic heterocycles. The standard InChI is InChI=1S/C15H15BrN2O/c1-11-7-13(16)9-14(8-11)18-15(19)17-10-12-5-3-2-4-6-12/h2-9H,10H2,1H3,(H2,17,18,19). The Kier molecular flexibility index (Phi) is 4.58. The Bertz CT molecular complexity index is 549. The van der Waals surface area contributed by atoms with E-state index >= 15 is 0 Å². The van der Waals surface area contributed by atoms with Crippen LogP contribution in [0.3, 0.4) is 0 Å². The van der Waals surface area contributed by atoms with E-state index in [9.17, 15) is 4.79 Å². The molecule has 0 radical (unpaired) electrons. The number of halogens is 1. The highest BCUT2D eigenvalue weighted by molar-refractivity contribution is 9.10. The van der Waals surface area contributed by atoms with Gasteiger partial charge in [0.1, 0.15) is 0 Å². The van der Waals surface area contributed by atoms with Gasteiger partial charge in [-0.25, -0.2) is 4.79 Å². The number of carbonyl (C=O) groups is 1. The maximum absolute atomic E-state index is 11.8. The molecule has 2 aromatic rings. The molecule has 3 nitrogen and oxygen atoms in total. The van der Waals surface area contributed by atoms with Crippen LogP contribution in [0.15, 0.2) is 53.0 Å². The Morgan fingerprint density at radius 1 is 1.16 bits per heavy atom. The number of aryl methyl sites for hydroxylation is 1. The third kappa shape index (κ3) is 4.41. The minimum atomic E-state index is -0.207. The minimum Gasteiger partial charge on any atom is -0.334 e. The summed E-state index contributed by atoms with van der Waals surface area (Å²) in [7, 11) is 0. The minimum absolute atomic E-state index is 0.207. The number of hydrogen-bond acceptors (Lipinski definition) is 1. The van der Waals surface area contributed by atoms with Crippen molar-refractivity contribution in [2.75, 3.05) is 5.32 Å². The predicted octanol–water partition coefficient (Wildman–Crippen LogP) is 4.08. The Morgan fingerprint density at radius 3 is 2.58 bits per heavy atom. The SMILES string of the molecule is Cc1cc(Br)cc(NC(=O)NCc2ccccc2)c1. The number of carbonyl (C=O) groups excluding carboxylic acids is 1. The van der Waals surface area contributed by atoms with Crippen LogP contribution in [-0.2, 0) is 6.54 Å². The van der Waals surface area contributed by atoms with Crippen molar-refractivity contribution in [2.45, 2.75) is 13.5 Å². The van der Waals surface area contributed by atoms with Gasteiger partial charge in [-0.3, -0.25) is 0 Å². The number of benzene rings is 2. The molecule has 2 rings (SSSR count). The molecule has 19 heavy (non-hydrogen) atoms. The van der Waals surface area contributed by atoms with Gasteiger partial charge in [-0.2, -0.15) is 0 Å². The Labute approximate surface area is 121 Å². The van der Waals surface area contributed by atoms with E-state index in [0.717, 1.165) is 21.3 Å². The zero-order valence-electron chi connectivity index (χ0n) is 10.6. The predicted molar refractivity (Wildman–Crippen MR) is 81.2 cm³/mol. The fourth-order valence-electron chi connectivity index (χ4n) is 1.76. The highest BCUT2D eigenvalue weighted by Gasteiger charge is 2.02. The summed E-state index contributed by atoms with van der Waals surface area (Å²) in [6.07, 6.45) is 0. The number of urea groups is 1. The average Bonchev–Trinajstić information content (AvgIpc) is 2.36. The van der Waals surface area contributed by atoms with Crippen molar-refractivity contribution in [1.29, 1.82) is 0 Å². The van der Waals surface area contributed by atoms with Gasteiger partial charge in [0, 0.05) is 16.7 Å². The summed E-state index contributed by atoms with van der Waals surface area (Å²) < 4.78 is 0.950. The van der Waals surface area contributed by atoms with E-state index in [1.807, 2.05) is 55.5 Å². The van der Waals surface area contributed by atoms with E-state index < -0.39 is 0 Å². The van der Waals surface area contributed by atoms with Crippen LogP contribution in [0.5, 0.6) is 0 Å². The molecule has 0 saturated heterocycles. The fourth-order valence-corrected chi connectivity index (χ4v) is 2.37. The Hall–Kier alpha value is -1.81. The summed E-state index contributed by atoms with van der Waals surface area (Å²) in [6, 6.07) is 15.4. The first-order valence-electron chi connectivity index (χ1n) is 5.99. The van der Waals surface area contributed by atoms with Gasteiger partial charge in [0.15, 0.2) is 0 Å². The van der Waals surface area contributed by atoms with Gasteiger partial charge in [-0.05, 0) is 36.2 Å². The zero-order valence-corrected chi connectivity index (χ0v) is 12.2. The second-order valence-electron chi connectivity index (χ2n) is 4.31. The van der Waals surface area contributed by atoms with Crippen LogP contribution < -0.4 is 10.6 Å². The molecule has 2 amide bonds. The number of anilines is 1. The van der Waals surface area contributed by atoms with Crippen LogP contribution in [0.25, 0.3) is 0 Å². The lowest BCUT2D eigenvalue weighted by atomic mass is 10.2. The summed E-state index contributed by atoms with van der Waals surface area (Å²) >= 11 is 3.41. The maximum Gasteiger partial charge on any atom is 0.319 e.